The van der Waals surface area contributed by atoms with Gasteiger partial charge in [0, 0.05) is 13.2 Å². The highest BCUT2D eigenvalue weighted by molar-refractivity contribution is 5.75. The van der Waals surface area contributed by atoms with Crippen LogP contribution in [0.5, 0.6) is 0 Å². The summed E-state index contributed by atoms with van der Waals surface area (Å²) in [5, 5.41) is 33.2. The summed E-state index contributed by atoms with van der Waals surface area (Å²) in [6.45, 7) is 4.42. The molecule has 0 heterocycles. The second-order valence-corrected chi connectivity index (χ2v) is 7.13. The molecule has 0 aromatic carbocycles. The summed E-state index contributed by atoms with van der Waals surface area (Å²) in [5.41, 5.74) is 25.8. The predicted molar refractivity (Wildman–Crippen MR) is 117 cm³/mol. The zero-order chi connectivity index (χ0) is 25.0. The molecule has 184 valence electrons. The Hall–Kier alpha value is -2.48. The fourth-order valence-electron chi connectivity index (χ4n) is 1.85. The highest BCUT2D eigenvalue weighted by Gasteiger charge is 2.12. The highest BCUT2D eigenvalue weighted by Crippen LogP contribution is 2.01. The first kappa shape index (κ1) is 33.2. The molecule has 13 nitrogen and oxygen atoms in total. The molecule has 0 spiro atoms. The number of carbonyl (C=O) groups is 3. The summed E-state index contributed by atoms with van der Waals surface area (Å²) in [6.07, 6.45) is 3.26. The maximum Gasteiger partial charge on any atom is 0.320 e. The lowest BCUT2D eigenvalue weighted by atomic mass is 10.1. The molecule has 0 rings (SSSR count). The average molecular weight is 453 g/mol. The van der Waals surface area contributed by atoms with E-state index < -0.39 is 36.0 Å². The lowest BCUT2D eigenvalue weighted by Gasteiger charge is -2.07. The van der Waals surface area contributed by atoms with E-state index in [1.807, 2.05) is 13.8 Å². The number of hydrogen-bond donors (Lipinski definition) is 9. The first-order valence-electron chi connectivity index (χ1n) is 9.87. The number of carboxylic acids is 3. The van der Waals surface area contributed by atoms with E-state index in [9.17, 15) is 14.4 Å². The van der Waals surface area contributed by atoms with Gasteiger partial charge < -0.3 is 49.1 Å². The molecule has 0 aromatic heterocycles. The van der Waals surface area contributed by atoms with Crippen LogP contribution in [-0.4, -0.2) is 75.6 Å². The van der Waals surface area contributed by atoms with Crippen LogP contribution in [0, 0.1) is 5.92 Å². The van der Waals surface area contributed by atoms with Crippen molar-refractivity contribution in [2.75, 3.05) is 13.2 Å². The van der Waals surface area contributed by atoms with Crippen LogP contribution in [0.15, 0.2) is 4.99 Å². The van der Waals surface area contributed by atoms with Gasteiger partial charge in [-0.1, -0.05) is 13.8 Å². The first-order valence-corrected chi connectivity index (χ1v) is 9.87. The summed E-state index contributed by atoms with van der Waals surface area (Å²) in [6, 6.07) is -2.29. The van der Waals surface area contributed by atoms with Gasteiger partial charge in [0.1, 0.15) is 18.1 Å². The Morgan fingerprint density at radius 2 is 1.19 bits per heavy atom. The molecule has 0 saturated heterocycles. The number of unbranched alkanes of at least 4 members (excludes halogenated alkanes) is 1. The molecular formula is C18H40N6O7. The van der Waals surface area contributed by atoms with Crippen molar-refractivity contribution in [1.29, 1.82) is 0 Å². The second kappa shape index (κ2) is 20.8. The average Bonchev–Trinajstić information content (AvgIpc) is 2.65. The van der Waals surface area contributed by atoms with E-state index in [0.717, 1.165) is 6.42 Å². The third-order valence-electron chi connectivity index (χ3n) is 3.57. The molecule has 0 aliphatic heterocycles. The van der Waals surface area contributed by atoms with Gasteiger partial charge in [0.15, 0.2) is 5.96 Å². The molecular weight excluding hydrogens is 412 g/mol. The number of nitrogens with zero attached hydrogens (tertiary/aromatic N) is 1. The molecule has 0 fully saturated rings. The molecule has 13 heteroatoms. The van der Waals surface area contributed by atoms with Crippen molar-refractivity contribution in [2.45, 2.75) is 70.5 Å². The number of guanidine groups is 1. The maximum atomic E-state index is 10.3. The minimum absolute atomic E-state index is 0.000972. The minimum Gasteiger partial charge on any atom is -0.480 e. The van der Waals surface area contributed by atoms with E-state index in [1.165, 1.54) is 0 Å². The molecule has 0 amide bonds. The Morgan fingerprint density at radius 3 is 1.48 bits per heavy atom. The third-order valence-corrected chi connectivity index (χ3v) is 3.57. The summed E-state index contributed by atoms with van der Waals surface area (Å²) in [7, 11) is 0. The van der Waals surface area contributed by atoms with Gasteiger partial charge in [-0.05, 0) is 44.4 Å². The monoisotopic (exact) mass is 452 g/mol. The van der Waals surface area contributed by atoms with Crippen LogP contribution < -0.4 is 28.7 Å². The molecule has 3 atom stereocenters. The number of hydrogen-bond acceptors (Lipinski definition) is 8. The van der Waals surface area contributed by atoms with Crippen LogP contribution >= 0.6 is 0 Å². The number of aliphatic hydroxyl groups excluding tert-OH is 1. The van der Waals surface area contributed by atoms with Crippen LogP contribution in [0.3, 0.4) is 0 Å². The van der Waals surface area contributed by atoms with Crippen molar-refractivity contribution >= 4 is 23.9 Å². The van der Waals surface area contributed by atoms with Gasteiger partial charge in [0.25, 0.3) is 0 Å². The topological polar surface area (TPSA) is 275 Å². The van der Waals surface area contributed by atoms with Crippen molar-refractivity contribution in [2.24, 2.45) is 39.6 Å². The zero-order valence-electron chi connectivity index (χ0n) is 18.3. The van der Waals surface area contributed by atoms with Crippen molar-refractivity contribution in [1.82, 2.24) is 0 Å². The van der Waals surface area contributed by atoms with E-state index in [-0.39, 0.29) is 12.6 Å². The van der Waals surface area contributed by atoms with Gasteiger partial charge >= 0.3 is 17.9 Å². The molecule has 0 saturated carbocycles. The van der Waals surface area contributed by atoms with Gasteiger partial charge in [-0.15, -0.1) is 0 Å². The Bertz CT molecular complexity index is 528. The maximum absolute atomic E-state index is 10.3. The minimum atomic E-state index is -1.01. The zero-order valence-corrected chi connectivity index (χ0v) is 18.3. The van der Waals surface area contributed by atoms with E-state index >= 15 is 0 Å². The number of aliphatic hydroxyl groups is 1. The lowest BCUT2D eigenvalue weighted by molar-refractivity contribution is -0.139. The fraction of sp³-hybridized carbons (Fsp3) is 0.778. The molecule has 0 aliphatic carbocycles. The number of carboxylic acid groups (broad SMARTS) is 3. The summed E-state index contributed by atoms with van der Waals surface area (Å²) < 4.78 is 0. The summed E-state index contributed by atoms with van der Waals surface area (Å²) in [5.74, 6) is -2.48. The molecule has 14 N–H and O–H groups in total. The van der Waals surface area contributed by atoms with Crippen LogP contribution in [0.25, 0.3) is 0 Å². The van der Waals surface area contributed by atoms with Crippen LogP contribution in [0.4, 0.5) is 0 Å². The predicted octanol–water partition coefficient (Wildman–Crippen LogP) is -1.54. The van der Waals surface area contributed by atoms with Gasteiger partial charge in [-0.2, -0.15) is 0 Å². The van der Waals surface area contributed by atoms with E-state index in [1.54, 1.807) is 0 Å². The van der Waals surface area contributed by atoms with E-state index in [2.05, 4.69) is 4.99 Å². The summed E-state index contributed by atoms with van der Waals surface area (Å²) >= 11 is 0. The lowest BCUT2D eigenvalue weighted by Crippen LogP contribution is -2.31. The molecule has 0 unspecified atom stereocenters. The van der Waals surface area contributed by atoms with Crippen LogP contribution in [-0.2, 0) is 14.4 Å². The Labute approximate surface area is 182 Å². The molecule has 0 aromatic rings. The van der Waals surface area contributed by atoms with Crippen molar-refractivity contribution in [3.63, 3.8) is 0 Å². The van der Waals surface area contributed by atoms with Crippen LogP contribution in [0.1, 0.15) is 52.4 Å². The first-order chi connectivity index (χ1) is 14.3. The summed E-state index contributed by atoms with van der Waals surface area (Å²) in [4.78, 5) is 34.1. The van der Waals surface area contributed by atoms with Gasteiger partial charge in [-0.3, -0.25) is 19.4 Å². The molecule has 0 aliphatic rings. The van der Waals surface area contributed by atoms with Crippen molar-refractivity contribution in [3.05, 3.63) is 0 Å². The standard InChI is InChI=1S/C7H16N4O2.C6H13NO2.C5H11NO3/c8-5(6(12)13)3-1-2-4-11-7(9)10;1-4(2)3-5(7)6(8)9;6-4(5(8)9)2-1-3-7/h5H,1-4,8H2,(H,12,13)(H4,9,10,11);4-5H,3,7H2,1-2H3,(H,8,9);4,7H,1-3,6H2,(H,8,9)/t2*5-;4-/m000/s1. The third kappa shape index (κ3) is 27.5. The smallest absolute Gasteiger partial charge is 0.320 e. The van der Waals surface area contributed by atoms with Crippen LogP contribution in [0.2, 0.25) is 0 Å². The number of aliphatic carboxylic acids is 3. The van der Waals surface area contributed by atoms with Gasteiger partial charge in [-0.25, -0.2) is 0 Å². The quantitative estimate of drug-likeness (QED) is 0.0872. The normalized spacial score (nSPS) is 12.9. The molecule has 0 bridgehead atoms. The Morgan fingerprint density at radius 1 is 0.774 bits per heavy atom. The van der Waals surface area contributed by atoms with Crippen molar-refractivity contribution in [3.8, 4) is 0 Å². The van der Waals surface area contributed by atoms with Gasteiger partial charge in [0.2, 0.25) is 0 Å². The number of rotatable bonds is 13. The highest BCUT2D eigenvalue weighted by atomic mass is 16.4. The molecule has 31 heavy (non-hydrogen) atoms. The van der Waals surface area contributed by atoms with E-state index in [0.29, 0.717) is 44.6 Å². The van der Waals surface area contributed by atoms with Gasteiger partial charge in [0.05, 0.1) is 0 Å². The SMILES string of the molecule is CC(C)C[C@H](N)C(=O)O.NC(N)=NCCCC[C@H](N)C(=O)O.N[C@@H](CCCO)C(=O)O. The van der Waals surface area contributed by atoms with E-state index in [4.69, 9.17) is 49.1 Å². The largest absolute Gasteiger partial charge is 0.480 e. The second-order valence-electron chi connectivity index (χ2n) is 7.13. The van der Waals surface area contributed by atoms with Crippen molar-refractivity contribution < 1.29 is 34.8 Å². The number of aliphatic imine (C=N–C) groups is 1. The number of nitrogens with two attached hydrogens (primary N) is 5. The molecule has 0 radical (unpaired) electrons. The Kier molecular flexibility index (Phi) is 22.2. The Balaban J connectivity index is -0.000000390. The fourth-order valence-corrected chi connectivity index (χ4v) is 1.85.